The Hall–Kier alpha value is -1.63. The van der Waals surface area contributed by atoms with E-state index in [1.807, 2.05) is 6.07 Å². The van der Waals surface area contributed by atoms with Crippen molar-refractivity contribution in [3.63, 3.8) is 0 Å². The van der Waals surface area contributed by atoms with Crippen molar-refractivity contribution in [2.24, 2.45) is 5.41 Å². The number of carbonyl (C=O) groups is 1. The lowest BCUT2D eigenvalue weighted by molar-refractivity contribution is -0.151. The molecule has 2 aliphatic heterocycles. The predicted octanol–water partition coefficient (Wildman–Crippen LogP) is 5.76. The minimum absolute atomic E-state index is 0. The molecular formula is C28H42Cl2N2O3. The Morgan fingerprint density at radius 3 is 2.20 bits per heavy atom. The molecule has 35 heavy (non-hydrogen) atoms. The first-order chi connectivity index (χ1) is 15.7. The number of rotatable bonds is 4. The number of carboxylic acids is 1. The molecule has 0 radical (unpaired) electrons. The lowest BCUT2D eigenvalue weighted by Crippen LogP contribution is -2.60. The Morgan fingerprint density at radius 2 is 1.63 bits per heavy atom. The topological polar surface area (TPSA) is 72.8 Å². The van der Waals surface area contributed by atoms with Gasteiger partial charge in [0.25, 0.3) is 0 Å². The van der Waals surface area contributed by atoms with Crippen molar-refractivity contribution in [3.05, 3.63) is 71.8 Å². The highest BCUT2D eigenvalue weighted by molar-refractivity contribution is 5.87. The van der Waals surface area contributed by atoms with Gasteiger partial charge in [-0.15, -0.1) is 24.8 Å². The standard InChI is InChI=1S/C21H34N2O.C7H6O2.2ClH/c1-17-14-21(24,18-10-6-4-7-11-18)20(2,16-23(17)3)15-19-12-8-5-9-13-22-19;8-7(9)6-4-2-1-3-5-6;;/h4,6-7,10-11,17,19,22,24H,5,8-9,12-16H2,1-3H3;1-5H,(H,8,9);2*1H. The van der Waals surface area contributed by atoms with Crippen LogP contribution in [0.4, 0.5) is 0 Å². The Balaban J connectivity index is 0.000000474. The van der Waals surface area contributed by atoms with Gasteiger partial charge in [-0.05, 0) is 63.9 Å². The molecule has 0 bridgehead atoms. The average molecular weight is 526 g/mol. The number of carboxylic acid groups (broad SMARTS) is 1. The fraction of sp³-hybridized carbons (Fsp3) is 0.536. The van der Waals surface area contributed by atoms with E-state index in [0.29, 0.717) is 17.6 Å². The van der Waals surface area contributed by atoms with Gasteiger partial charge >= 0.3 is 5.97 Å². The number of hydrogen-bond acceptors (Lipinski definition) is 4. The molecule has 0 spiro atoms. The molecule has 4 unspecified atom stereocenters. The molecule has 4 atom stereocenters. The Bertz CT molecular complexity index is 878. The van der Waals surface area contributed by atoms with Gasteiger partial charge in [0, 0.05) is 24.0 Å². The summed E-state index contributed by atoms with van der Waals surface area (Å²) in [7, 11) is 2.20. The van der Waals surface area contributed by atoms with E-state index < -0.39 is 11.6 Å². The number of hydrogen-bond donors (Lipinski definition) is 3. The van der Waals surface area contributed by atoms with Gasteiger partial charge in [0.15, 0.2) is 0 Å². The lowest BCUT2D eigenvalue weighted by atomic mass is 9.61. The molecule has 2 fully saturated rings. The van der Waals surface area contributed by atoms with Gasteiger partial charge in [0.1, 0.15) is 0 Å². The third-order valence-corrected chi connectivity index (χ3v) is 7.57. The van der Waals surface area contributed by atoms with Crippen LogP contribution in [0.1, 0.15) is 68.3 Å². The molecule has 0 saturated carbocycles. The van der Waals surface area contributed by atoms with Gasteiger partial charge in [-0.25, -0.2) is 4.79 Å². The van der Waals surface area contributed by atoms with Crippen LogP contribution in [0, 0.1) is 5.41 Å². The van der Waals surface area contributed by atoms with Crippen molar-refractivity contribution in [2.45, 2.75) is 70.1 Å². The van der Waals surface area contributed by atoms with E-state index in [4.69, 9.17) is 5.11 Å². The zero-order valence-electron chi connectivity index (χ0n) is 21.2. The molecule has 4 rings (SSSR count). The minimum atomic E-state index is -0.879. The average Bonchev–Trinajstić information content (AvgIpc) is 3.08. The van der Waals surface area contributed by atoms with E-state index in [2.05, 4.69) is 55.4 Å². The number of nitrogens with one attached hydrogen (secondary N) is 1. The quantitative estimate of drug-likeness (QED) is 0.474. The monoisotopic (exact) mass is 524 g/mol. The zero-order valence-corrected chi connectivity index (χ0v) is 22.8. The summed E-state index contributed by atoms with van der Waals surface area (Å²) >= 11 is 0. The largest absolute Gasteiger partial charge is 0.478 e. The molecule has 196 valence electrons. The van der Waals surface area contributed by atoms with Crippen molar-refractivity contribution < 1.29 is 15.0 Å². The van der Waals surface area contributed by atoms with E-state index in [1.54, 1.807) is 30.3 Å². The van der Waals surface area contributed by atoms with Gasteiger partial charge in [0.05, 0.1) is 11.2 Å². The van der Waals surface area contributed by atoms with Gasteiger partial charge in [-0.3, -0.25) is 0 Å². The predicted molar refractivity (Wildman–Crippen MR) is 148 cm³/mol. The summed E-state index contributed by atoms with van der Waals surface area (Å²) < 4.78 is 0. The molecule has 2 aliphatic rings. The highest BCUT2D eigenvalue weighted by atomic mass is 35.5. The Morgan fingerprint density at radius 1 is 1.03 bits per heavy atom. The fourth-order valence-corrected chi connectivity index (χ4v) is 5.48. The van der Waals surface area contributed by atoms with E-state index in [9.17, 15) is 9.90 Å². The third kappa shape index (κ3) is 7.93. The minimum Gasteiger partial charge on any atom is -0.478 e. The summed E-state index contributed by atoms with van der Waals surface area (Å²) in [6, 6.07) is 19.6. The second kappa shape index (κ2) is 14.2. The first kappa shape index (κ1) is 31.4. The van der Waals surface area contributed by atoms with E-state index in [1.165, 1.54) is 25.7 Å². The molecule has 5 nitrogen and oxygen atoms in total. The number of benzene rings is 2. The molecule has 0 aromatic heterocycles. The summed E-state index contributed by atoms with van der Waals surface area (Å²) in [5.74, 6) is -0.879. The molecule has 0 amide bonds. The van der Waals surface area contributed by atoms with Crippen molar-refractivity contribution in [2.75, 3.05) is 20.1 Å². The normalized spacial score (nSPS) is 28.8. The fourth-order valence-electron chi connectivity index (χ4n) is 5.48. The lowest BCUT2D eigenvalue weighted by Gasteiger charge is -2.55. The number of aromatic carboxylic acids is 1. The maximum Gasteiger partial charge on any atom is 0.335 e. The first-order valence-electron chi connectivity index (χ1n) is 12.2. The van der Waals surface area contributed by atoms with Gasteiger partial charge in [0.2, 0.25) is 0 Å². The van der Waals surface area contributed by atoms with Gasteiger partial charge < -0.3 is 20.4 Å². The molecule has 2 heterocycles. The van der Waals surface area contributed by atoms with Crippen molar-refractivity contribution in [1.29, 1.82) is 0 Å². The van der Waals surface area contributed by atoms with Crippen molar-refractivity contribution in [1.82, 2.24) is 10.2 Å². The number of aliphatic hydroxyl groups is 1. The maximum absolute atomic E-state index is 11.9. The molecule has 3 N–H and O–H groups in total. The SMILES string of the molecule is CC1CC(O)(c2ccccc2)C(C)(CC2CCCCCN2)CN1C.Cl.Cl.O=C(O)c1ccccc1. The highest BCUT2D eigenvalue weighted by Crippen LogP contribution is 2.50. The second-order valence-corrected chi connectivity index (χ2v) is 10.1. The number of likely N-dealkylation sites (tertiary alicyclic amines) is 1. The maximum atomic E-state index is 11.9. The summed E-state index contributed by atoms with van der Waals surface area (Å²) in [6.07, 6.45) is 7.00. The summed E-state index contributed by atoms with van der Waals surface area (Å²) in [4.78, 5) is 12.6. The molecule has 7 heteroatoms. The van der Waals surface area contributed by atoms with Gasteiger partial charge in [-0.1, -0.05) is 68.3 Å². The molecular weight excluding hydrogens is 483 g/mol. The highest BCUT2D eigenvalue weighted by Gasteiger charge is 2.53. The van der Waals surface area contributed by atoms with E-state index in [0.717, 1.165) is 31.5 Å². The van der Waals surface area contributed by atoms with Crippen molar-refractivity contribution >= 4 is 30.8 Å². The van der Waals surface area contributed by atoms with Crippen LogP contribution in [0.2, 0.25) is 0 Å². The van der Waals surface area contributed by atoms with E-state index >= 15 is 0 Å². The molecule has 2 saturated heterocycles. The van der Waals surface area contributed by atoms with Crippen LogP contribution in [0.15, 0.2) is 60.7 Å². The molecule has 2 aromatic carbocycles. The van der Waals surface area contributed by atoms with E-state index in [-0.39, 0.29) is 30.2 Å². The van der Waals surface area contributed by atoms with Crippen LogP contribution < -0.4 is 5.32 Å². The van der Waals surface area contributed by atoms with Crippen LogP contribution in [-0.4, -0.2) is 53.3 Å². The number of piperidine rings is 1. The zero-order chi connectivity index (χ0) is 23.9. The smallest absolute Gasteiger partial charge is 0.335 e. The summed E-state index contributed by atoms with van der Waals surface area (Å²) in [5, 5.41) is 24.0. The summed E-state index contributed by atoms with van der Waals surface area (Å²) in [5.41, 5.74) is 0.518. The van der Waals surface area contributed by atoms with Crippen LogP contribution in [0.5, 0.6) is 0 Å². The van der Waals surface area contributed by atoms with Crippen LogP contribution in [0.25, 0.3) is 0 Å². The third-order valence-electron chi connectivity index (χ3n) is 7.57. The molecule has 2 aromatic rings. The number of nitrogens with zero attached hydrogens (tertiary/aromatic N) is 1. The second-order valence-electron chi connectivity index (χ2n) is 10.1. The van der Waals surface area contributed by atoms with Gasteiger partial charge in [-0.2, -0.15) is 0 Å². The van der Waals surface area contributed by atoms with Crippen LogP contribution >= 0.6 is 24.8 Å². The number of halogens is 2. The van der Waals surface area contributed by atoms with Crippen LogP contribution in [-0.2, 0) is 5.60 Å². The molecule has 0 aliphatic carbocycles. The Labute approximate surface area is 223 Å². The summed E-state index contributed by atoms with van der Waals surface area (Å²) in [6.45, 7) is 6.60. The first-order valence-corrected chi connectivity index (χ1v) is 12.2. The Kier molecular flexibility index (Phi) is 12.7. The van der Waals surface area contributed by atoms with Crippen LogP contribution in [0.3, 0.4) is 0 Å². The van der Waals surface area contributed by atoms with Crippen molar-refractivity contribution in [3.8, 4) is 0 Å².